The van der Waals surface area contributed by atoms with Crippen molar-refractivity contribution in [1.82, 2.24) is 0 Å². The van der Waals surface area contributed by atoms with Crippen LogP contribution in [0.3, 0.4) is 0 Å². The second kappa shape index (κ2) is 6.90. The van der Waals surface area contributed by atoms with Crippen molar-refractivity contribution in [3.8, 4) is 0 Å². The van der Waals surface area contributed by atoms with Crippen LogP contribution in [0.5, 0.6) is 0 Å². The average Bonchev–Trinajstić information content (AvgIpc) is 2.39. The SMILES string of the molecule is NC(Cc1cccc(F)c1Br)Cc1c(Cl)cccc1Cl. The molecule has 2 rings (SSSR count). The summed E-state index contributed by atoms with van der Waals surface area (Å²) in [5.74, 6) is -0.287. The lowest BCUT2D eigenvalue weighted by Crippen LogP contribution is -2.26. The zero-order valence-electron chi connectivity index (χ0n) is 10.5. The molecule has 1 atom stereocenters. The van der Waals surface area contributed by atoms with E-state index in [0.717, 1.165) is 11.1 Å². The fraction of sp³-hybridized carbons (Fsp3) is 0.200. The van der Waals surface area contributed by atoms with Gasteiger partial charge in [-0.25, -0.2) is 4.39 Å². The summed E-state index contributed by atoms with van der Waals surface area (Å²) in [4.78, 5) is 0. The monoisotopic (exact) mass is 375 g/mol. The molecule has 1 nitrogen and oxygen atoms in total. The Morgan fingerprint density at radius 3 is 2.30 bits per heavy atom. The van der Waals surface area contributed by atoms with E-state index >= 15 is 0 Å². The van der Waals surface area contributed by atoms with Gasteiger partial charge in [-0.1, -0.05) is 41.4 Å². The molecule has 0 saturated heterocycles. The van der Waals surface area contributed by atoms with Crippen LogP contribution in [-0.4, -0.2) is 6.04 Å². The first-order chi connectivity index (χ1) is 9.49. The van der Waals surface area contributed by atoms with E-state index in [-0.39, 0.29) is 11.9 Å². The molecule has 2 aromatic rings. The highest BCUT2D eigenvalue weighted by atomic mass is 79.9. The lowest BCUT2D eigenvalue weighted by Gasteiger charge is -2.15. The fourth-order valence-electron chi connectivity index (χ4n) is 2.05. The van der Waals surface area contributed by atoms with Crippen LogP contribution in [0.25, 0.3) is 0 Å². The highest BCUT2D eigenvalue weighted by Gasteiger charge is 2.14. The molecule has 0 aromatic heterocycles. The molecule has 0 spiro atoms. The van der Waals surface area contributed by atoms with Gasteiger partial charge >= 0.3 is 0 Å². The van der Waals surface area contributed by atoms with Crippen LogP contribution in [0.4, 0.5) is 4.39 Å². The third-order valence-electron chi connectivity index (χ3n) is 3.04. The first-order valence-corrected chi connectivity index (χ1v) is 7.65. The van der Waals surface area contributed by atoms with Crippen LogP contribution in [0.15, 0.2) is 40.9 Å². The zero-order valence-corrected chi connectivity index (χ0v) is 13.6. The minimum absolute atomic E-state index is 0.189. The largest absolute Gasteiger partial charge is 0.327 e. The molecule has 0 radical (unpaired) electrons. The summed E-state index contributed by atoms with van der Waals surface area (Å²) in [6.45, 7) is 0. The van der Waals surface area contributed by atoms with E-state index in [1.165, 1.54) is 6.07 Å². The first-order valence-electron chi connectivity index (χ1n) is 6.10. The molecule has 20 heavy (non-hydrogen) atoms. The van der Waals surface area contributed by atoms with E-state index in [1.807, 2.05) is 6.07 Å². The minimum Gasteiger partial charge on any atom is -0.327 e. The molecule has 1 unspecified atom stereocenters. The molecule has 2 aromatic carbocycles. The normalized spacial score (nSPS) is 12.4. The number of hydrogen-bond acceptors (Lipinski definition) is 1. The van der Waals surface area contributed by atoms with Gasteiger partial charge in [-0.15, -0.1) is 0 Å². The van der Waals surface area contributed by atoms with Crippen molar-refractivity contribution in [2.24, 2.45) is 5.73 Å². The molecular weight excluding hydrogens is 364 g/mol. The van der Waals surface area contributed by atoms with Crippen molar-refractivity contribution in [3.05, 3.63) is 67.9 Å². The lowest BCUT2D eigenvalue weighted by atomic mass is 9.99. The third kappa shape index (κ3) is 3.73. The number of hydrogen-bond donors (Lipinski definition) is 1. The van der Waals surface area contributed by atoms with Crippen molar-refractivity contribution < 1.29 is 4.39 Å². The van der Waals surface area contributed by atoms with E-state index in [0.29, 0.717) is 27.4 Å². The summed E-state index contributed by atoms with van der Waals surface area (Å²) >= 11 is 15.5. The molecule has 0 heterocycles. The van der Waals surface area contributed by atoms with E-state index in [9.17, 15) is 4.39 Å². The second-order valence-corrected chi connectivity index (χ2v) is 6.19. The molecule has 0 amide bonds. The molecule has 0 saturated carbocycles. The van der Waals surface area contributed by atoms with Crippen LogP contribution in [0.1, 0.15) is 11.1 Å². The Bertz CT molecular complexity index is 599. The lowest BCUT2D eigenvalue weighted by molar-refractivity contribution is 0.610. The maximum absolute atomic E-state index is 13.5. The molecule has 106 valence electrons. The Morgan fingerprint density at radius 1 is 1.05 bits per heavy atom. The molecule has 0 aliphatic heterocycles. The topological polar surface area (TPSA) is 26.0 Å². The van der Waals surface area contributed by atoms with Crippen LogP contribution in [-0.2, 0) is 12.8 Å². The quantitative estimate of drug-likeness (QED) is 0.797. The van der Waals surface area contributed by atoms with Gasteiger partial charge in [-0.3, -0.25) is 0 Å². The smallest absolute Gasteiger partial charge is 0.137 e. The summed E-state index contributed by atoms with van der Waals surface area (Å²) in [5, 5.41) is 1.21. The Morgan fingerprint density at radius 2 is 1.65 bits per heavy atom. The van der Waals surface area contributed by atoms with Gasteiger partial charge in [0.1, 0.15) is 5.82 Å². The summed E-state index contributed by atoms with van der Waals surface area (Å²) < 4.78 is 13.9. The van der Waals surface area contributed by atoms with Gasteiger partial charge in [0, 0.05) is 16.1 Å². The Kier molecular flexibility index (Phi) is 5.44. The van der Waals surface area contributed by atoms with Gasteiger partial charge in [0.05, 0.1) is 4.47 Å². The Labute approximate surface area is 136 Å². The standard InChI is InChI=1S/C15H13BrCl2FN/c16-15-9(3-1-6-14(15)19)7-10(20)8-11-12(17)4-2-5-13(11)18/h1-6,10H,7-8,20H2. The number of halogens is 4. The molecular formula is C15H13BrCl2FN. The summed E-state index contributed by atoms with van der Waals surface area (Å²) in [5.41, 5.74) is 7.80. The van der Waals surface area contributed by atoms with Crippen LogP contribution in [0, 0.1) is 5.82 Å². The van der Waals surface area contributed by atoms with Gasteiger partial charge in [-0.2, -0.15) is 0 Å². The van der Waals surface area contributed by atoms with E-state index < -0.39 is 0 Å². The summed E-state index contributed by atoms with van der Waals surface area (Å²) in [6.07, 6.45) is 1.08. The Balaban J connectivity index is 2.13. The highest BCUT2D eigenvalue weighted by molar-refractivity contribution is 9.10. The number of nitrogens with two attached hydrogens (primary N) is 1. The molecule has 0 aliphatic carbocycles. The van der Waals surface area contributed by atoms with Crippen molar-refractivity contribution in [3.63, 3.8) is 0 Å². The van der Waals surface area contributed by atoms with Crippen molar-refractivity contribution in [2.75, 3.05) is 0 Å². The molecule has 0 fully saturated rings. The van der Waals surface area contributed by atoms with Gasteiger partial charge in [-0.05, 0) is 58.1 Å². The zero-order chi connectivity index (χ0) is 14.7. The number of benzene rings is 2. The highest BCUT2D eigenvalue weighted by Crippen LogP contribution is 2.27. The summed E-state index contributed by atoms with van der Waals surface area (Å²) in [6, 6.07) is 10.1. The third-order valence-corrected chi connectivity index (χ3v) is 4.64. The van der Waals surface area contributed by atoms with Crippen molar-refractivity contribution in [2.45, 2.75) is 18.9 Å². The predicted molar refractivity (Wildman–Crippen MR) is 85.9 cm³/mol. The second-order valence-electron chi connectivity index (χ2n) is 4.58. The fourth-order valence-corrected chi connectivity index (χ4v) is 3.03. The maximum atomic E-state index is 13.5. The van der Waals surface area contributed by atoms with Gasteiger partial charge in [0.2, 0.25) is 0 Å². The number of rotatable bonds is 4. The van der Waals surface area contributed by atoms with E-state index in [2.05, 4.69) is 15.9 Å². The molecule has 0 aliphatic rings. The van der Waals surface area contributed by atoms with Crippen molar-refractivity contribution in [1.29, 1.82) is 0 Å². The van der Waals surface area contributed by atoms with Gasteiger partial charge in [0.15, 0.2) is 0 Å². The Hall–Kier alpha value is -0.610. The van der Waals surface area contributed by atoms with Gasteiger partial charge in [0.25, 0.3) is 0 Å². The first kappa shape index (κ1) is 15.8. The maximum Gasteiger partial charge on any atom is 0.137 e. The molecule has 0 bridgehead atoms. The van der Waals surface area contributed by atoms with Gasteiger partial charge < -0.3 is 5.73 Å². The minimum atomic E-state index is -0.287. The molecule has 2 N–H and O–H groups in total. The summed E-state index contributed by atoms with van der Waals surface area (Å²) in [7, 11) is 0. The average molecular weight is 377 g/mol. The van der Waals surface area contributed by atoms with Crippen molar-refractivity contribution >= 4 is 39.1 Å². The van der Waals surface area contributed by atoms with E-state index in [4.69, 9.17) is 28.9 Å². The molecule has 5 heteroatoms. The van der Waals surface area contributed by atoms with E-state index in [1.54, 1.807) is 24.3 Å². The van der Waals surface area contributed by atoms with Crippen LogP contribution < -0.4 is 5.73 Å². The van der Waals surface area contributed by atoms with Crippen LogP contribution in [0.2, 0.25) is 10.0 Å². The van der Waals surface area contributed by atoms with Crippen LogP contribution >= 0.6 is 39.1 Å². The predicted octanol–water partition coefficient (Wildman–Crippen LogP) is 5.01.